The first-order chi connectivity index (χ1) is 6.88. The number of halogens is 3. The molecule has 0 aliphatic rings. The van der Waals surface area contributed by atoms with E-state index < -0.39 is 29.6 Å². The lowest BCUT2D eigenvalue weighted by molar-refractivity contribution is -0.194. The summed E-state index contributed by atoms with van der Waals surface area (Å²) >= 11 is 0. The van der Waals surface area contributed by atoms with Crippen molar-refractivity contribution < 1.29 is 22.8 Å². The molecule has 1 amide bonds. The number of rotatable bonds is 4. The highest BCUT2D eigenvalue weighted by molar-refractivity contribution is 5.82. The minimum atomic E-state index is -4.48. The molecule has 0 aliphatic carbocycles. The Bertz CT molecular complexity index is 256. The van der Waals surface area contributed by atoms with Gasteiger partial charge in [-0.05, 0) is 27.7 Å². The zero-order valence-electron chi connectivity index (χ0n) is 9.73. The van der Waals surface area contributed by atoms with Crippen LogP contribution in [0.3, 0.4) is 0 Å². The molecule has 0 atom stereocenters. The summed E-state index contributed by atoms with van der Waals surface area (Å²) in [6.07, 6.45) is -4.48. The van der Waals surface area contributed by atoms with E-state index in [0.717, 1.165) is 0 Å². The molecular weight excluding hydrogens is 225 g/mol. The molecule has 7 heteroatoms. The maximum atomic E-state index is 11.7. The molecule has 0 aliphatic heterocycles. The van der Waals surface area contributed by atoms with E-state index in [1.165, 1.54) is 13.8 Å². The van der Waals surface area contributed by atoms with E-state index in [2.05, 4.69) is 4.84 Å². The van der Waals surface area contributed by atoms with E-state index in [4.69, 9.17) is 5.73 Å². The molecule has 0 aromatic rings. The first kappa shape index (κ1) is 15.2. The summed E-state index contributed by atoms with van der Waals surface area (Å²) in [5.74, 6) is -0.691. The fourth-order valence-corrected chi connectivity index (χ4v) is 0.604. The van der Waals surface area contributed by atoms with Gasteiger partial charge in [-0.25, -0.2) is 5.48 Å². The Labute approximate surface area is 92.3 Å². The van der Waals surface area contributed by atoms with Crippen LogP contribution in [0.4, 0.5) is 13.2 Å². The molecule has 16 heavy (non-hydrogen) atoms. The van der Waals surface area contributed by atoms with Crippen molar-refractivity contribution in [2.45, 2.75) is 39.4 Å². The molecule has 3 N–H and O–H groups in total. The average molecular weight is 242 g/mol. The number of amides is 1. The number of hydrogen-bond donors (Lipinski definition) is 2. The third-order valence-electron chi connectivity index (χ3n) is 2.58. The summed E-state index contributed by atoms with van der Waals surface area (Å²) in [5, 5.41) is 0. The number of nitrogens with two attached hydrogens (primary N) is 1. The summed E-state index contributed by atoms with van der Waals surface area (Å²) in [7, 11) is 0. The van der Waals surface area contributed by atoms with Crippen molar-refractivity contribution >= 4 is 5.91 Å². The predicted octanol–water partition coefficient (Wildman–Crippen LogP) is 1.36. The monoisotopic (exact) mass is 242 g/mol. The Morgan fingerprint density at radius 2 is 1.69 bits per heavy atom. The SMILES string of the molecule is CC(C)(N)C(C)(C)C(=O)NOCC(F)(F)F. The van der Waals surface area contributed by atoms with Gasteiger partial charge in [-0.15, -0.1) is 0 Å². The number of hydroxylamine groups is 1. The van der Waals surface area contributed by atoms with Crippen LogP contribution < -0.4 is 11.2 Å². The van der Waals surface area contributed by atoms with Gasteiger partial charge in [0.25, 0.3) is 5.91 Å². The Morgan fingerprint density at radius 3 is 2.00 bits per heavy atom. The number of alkyl halides is 3. The third-order valence-corrected chi connectivity index (χ3v) is 2.58. The molecule has 0 spiro atoms. The van der Waals surface area contributed by atoms with Gasteiger partial charge in [-0.3, -0.25) is 9.63 Å². The number of carbonyl (C=O) groups is 1. The maximum Gasteiger partial charge on any atom is 0.414 e. The van der Waals surface area contributed by atoms with Gasteiger partial charge < -0.3 is 5.73 Å². The van der Waals surface area contributed by atoms with Gasteiger partial charge in [0, 0.05) is 5.54 Å². The summed E-state index contributed by atoms with van der Waals surface area (Å²) < 4.78 is 35.2. The van der Waals surface area contributed by atoms with Crippen molar-refractivity contribution in [2.75, 3.05) is 6.61 Å². The molecule has 0 aromatic heterocycles. The molecule has 0 bridgehead atoms. The molecule has 0 heterocycles. The Morgan fingerprint density at radius 1 is 1.25 bits per heavy atom. The molecule has 0 saturated heterocycles. The quantitative estimate of drug-likeness (QED) is 0.731. The Hall–Kier alpha value is -0.820. The zero-order valence-corrected chi connectivity index (χ0v) is 9.73. The van der Waals surface area contributed by atoms with E-state index in [1.54, 1.807) is 19.3 Å². The lowest BCUT2D eigenvalue weighted by atomic mass is 9.75. The van der Waals surface area contributed by atoms with Crippen LogP contribution in [0.2, 0.25) is 0 Å². The molecule has 96 valence electrons. The van der Waals surface area contributed by atoms with Crippen LogP contribution in [0.1, 0.15) is 27.7 Å². The maximum absolute atomic E-state index is 11.7. The molecule has 0 saturated carbocycles. The van der Waals surface area contributed by atoms with Crippen molar-refractivity contribution in [3.8, 4) is 0 Å². The van der Waals surface area contributed by atoms with Crippen LogP contribution in [0, 0.1) is 5.41 Å². The lowest BCUT2D eigenvalue weighted by Crippen LogP contribution is -2.55. The largest absolute Gasteiger partial charge is 0.414 e. The first-order valence-corrected chi connectivity index (χ1v) is 4.66. The van der Waals surface area contributed by atoms with Gasteiger partial charge in [-0.2, -0.15) is 13.2 Å². The smallest absolute Gasteiger partial charge is 0.325 e. The van der Waals surface area contributed by atoms with Gasteiger partial charge >= 0.3 is 6.18 Å². The number of nitrogens with one attached hydrogen (secondary N) is 1. The van der Waals surface area contributed by atoms with Crippen molar-refractivity contribution in [1.82, 2.24) is 5.48 Å². The van der Waals surface area contributed by atoms with Crippen LogP contribution in [0.15, 0.2) is 0 Å². The highest BCUT2D eigenvalue weighted by Crippen LogP contribution is 2.28. The number of hydrogen-bond acceptors (Lipinski definition) is 3. The van der Waals surface area contributed by atoms with Crippen molar-refractivity contribution in [2.24, 2.45) is 11.1 Å². The fraction of sp³-hybridized carbons (Fsp3) is 0.889. The second-order valence-corrected chi connectivity index (χ2v) is 4.68. The average Bonchev–Trinajstić information content (AvgIpc) is 1.99. The van der Waals surface area contributed by atoms with E-state index in [0.29, 0.717) is 0 Å². The topological polar surface area (TPSA) is 64.4 Å². The Kier molecular flexibility index (Phi) is 4.35. The highest BCUT2D eigenvalue weighted by atomic mass is 19.4. The van der Waals surface area contributed by atoms with Crippen LogP contribution in [0.5, 0.6) is 0 Å². The fourth-order valence-electron chi connectivity index (χ4n) is 0.604. The second-order valence-electron chi connectivity index (χ2n) is 4.68. The van der Waals surface area contributed by atoms with Gasteiger partial charge in [0.2, 0.25) is 0 Å². The molecule has 0 fully saturated rings. The van der Waals surface area contributed by atoms with Gasteiger partial charge in [0.05, 0.1) is 5.41 Å². The van der Waals surface area contributed by atoms with Crippen molar-refractivity contribution in [3.63, 3.8) is 0 Å². The van der Waals surface area contributed by atoms with Crippen molar-refractivity contribution in [3.05, 3.63) is 0 Å². The molecule has 0 aromatic carbocycles. The molecule has 4 nitrogen and oxygen atoms in total. The summed E-state index contributed by atoms with van der Waals surface area (Å²) in [6, 6.07) is 0. The van der Waals surface area contributed by atoms with Crippen LogP contribution in [0.25, 0.3) is 0 Å². The second kappa shape index (κ2) is 4.58. The van der Waals surface area contributed by atoms with Crippen molar-refractivity contribution in [1.29, 1.82) is 0 Å². The third kappa shape index (κ3) is 4.36. The standard InChI is InChI=1S/C9H17F3N2O2/c1-7(2,8(3,4)13)6(15)14-16-5-9(10,11)12/h5,13H2,1-4H3,(H,14,15). The highest BCUT2D eigenvalue weighted by Gasteiger charge is 2.41. The van der Waals surface area contributed by atoms with Gasteiger partial charge in [0.15, 0.2) is 6.61 Å². The van der Waals surface area contributed by atoms with Gasteiger partial charge in [-0.1, -0.05) is 0 Å². The summed E-state index contributed by atoms with van der Waals surface area (Å²) in [4.78, 5) is 15.6. The lowest BCUT2D eigenvalue weighted by Gasteiger charge is -2.36. The van der Waals surface area contributed by atoms with Crippen LogP contribution in [-0.2, 0) is 9.63 Å². The van der Waals surface area contributed by atoms with E-state index in [9.17, 15) is 18.0 Å². The van der Waals surface area contributed by atoms with Crippen LogP contribution >= 0.6 is 0 Å². The minimum absolute atomic E-state index is 0.691. The predicted molar refractivity (Wildman–Crippen MR) is 52.2 cm³/mol. The zero-order chi connectivity index (χ0) is 13.2. The van der Waals surface area contributed by atoms with E-state index in [-0.39, 0.29) is 0 Å². The van der Waals surface area contributed by atoms with Crippen LogP contribution in [-0.4, -0.2) is 24.2 Å². The van der Waals surface area contributed by atoms with E-state index in [1.807, 2.05) is 0 Å². The molecule has 0 rings (SSSR count). The first-order valence-electron chi connectivity index (χ1n) is 4.66. The number of carbonyl (C=O) groups excluding carboxylic acids is 1. The molecule has 0 unspecified atom stereocenters. The Balaban J connectivity index is 4.28. The minimum Gasteiger partial charge on any atom is -0.325 e. The normalized spacial score (nSPS) is 13.8. The van der Waals surface area contributed by atoms with E-state index >= 15 is 0 Å². The summed E-state index contributed by atoms with van der Waals surface area (Å²) in [5.41, 5.74) is 5.56. The molecular formula is C9H17F3N2O2. The summed E-state index contributed by atoms with van der Waals surface area (Å²) in [6.45, 7) is 4.74. The van der Waals surface area contributed by atoms with Gasteiger partial charge in [0.1, 0.15) is 0 Å². The molecule has 0 radical (unpaired) electrons.